The number of benzene rings is 2. The minimum Gasteiger partial charge on any atom is -0.435 e. The predicted molar refractivity (Wildman–Crippen MR) is 100 cm³/mol. The van der Waals surface area contributed by atoms with Gasteiger partial charge in [-0.25, -0.2) is 4.98 Å². The van der Waals surface area contributed by atoms with Gasteiger partial charge in [0.15, 0.2) is 5.82 Å². The zero-order valence-corrected chi connectivity index (χ0v) is 14.9. The topological polar surface area (TPSA) is 77.8 Å². The molecule has 0 atom stereocenters. The lowest BCUT2D eigenvalue weighted by atomic mass is 10.3. The normalized spacial score (nSPS) is 11.1. The largest absolute Gasteiger partial charge is 0.435 e. The van der Waals surface area contributed by atoms with Crippen LogP contribution in [-0.4, -0.2) is 31.3 Å². The molecule has 0 fully saturated rings. The number of halogens is 2. The van der Waals surface area contributed by atoms with Crippen molar-refractivity contribution >= 4 is 22.7 Å². The molecule has 0 aliphatic rings. The van der Waals surface area contributed by atoms with Crippen molar-refractivity contribution in [2.24, 2.45) is 0 Å². The summed E-state index contributed by atoms with van der Waals surface area (Å²) in [5.74, 6) is 1.80. The first kappa shape index (κ1) is 17.8. The van der Waals surface area contributed by atoms with Crippen LogP contribution in [0.1, 0.15) is 12.7 Å². The van der Waals surface area contributed by atoms with Crippen LogP contribution >= 0.6 is 0 Å². The van der Waals surface area contributed by atoms with Crippen molar-refractivity contribution < 1.29 is 13.5 Å². The minimum atomic E-state index is -2.86. The van der Waals surface area contributed by atoms with Gasteiger partial charge < -0.3 is 10.1 Å². The summed E-state index contributed by atoms with van der Waals surface area (Å²) in [6.07, 6.45) is 2.30. The molecule has 1 N–H and O–H groups in total. The summed E-state index contributed by atoms with van der Waals surface area (Å²) in [4.78, 5) is 9.16. The molecule has 0 bridgehead atoms. The van der Waals surface area contributed by atoms with Gasteiger partial charge in [0.05, 0.1) is 17.2 Å². The quantitative estimate of drug-likeness (QED) is 0.541. The molecule has 2 heterocycles. The Kier molecular flexibility index (Phi) is 4.79. The highest BCUT2D eigenvalue weighted by molar-refractivity contribution is 5.77. The number of ether oxygens (including phenoxy) is 1. The Hall–Kier alpha value is -3.62. The number of hydrogen-bond donors (Lipinski definition) is 1. The number of hydrogen-bond acceptors (Lipinski definition) is 6. The fourth-order valence-electron chi connectivity index (χ4n) is 2.87. The van der Waals surface area contributed by atoms with Crippen LogP contribution < -0.4 is 10.1 Å². The van der Waals surface area contributed by atoms with Crippen molar-refractivity contribution in [1.29, 1.82) is 0 Å². The second kappa shape index (κ2) is 7.55. The Labute approximate surface area is 159 Å². The molecule has 4 aromatic rings. The number of imidazole rings is 1. The van der Waals surface area contributed by atoms with Gasteiger partial charge in [-0.15, -0.1) is 5.10 Å². The highest BCUT2D eigenvalue weighted by Crippen LogP contribution is 2.22. The Morgan fingerprint density at radius 1 is 1.07 bits per heavy atom. The van der Waals surface area contributed by atoms with Gasteiger partial charge in [0.2, 0.25) is 5.95 Å². The fourth-order valence-corrected chi connectivity index (χ4v) is 2.87. The van der Waals surface area contributed by atoms with Crippen molar-refractivity contribution in [3.05, 3.63) is 60.6 Å². The molecule has 0 aliphatic carbocycles. The molecular weight excluding hydrogens is 366 g/mol. The Bertz CT molecular complexity index is 1100. The van der Waals surface area contributed by atoms with E-state index in [2.05, 4.69) is 30.2 Å². The van der Waals surface area contributed by atoms with Crippen molar-refractivity contribution in [3.8, 4) is 11.6 Å². The van der Waals surface area contributed by atoms with Crippen molar-refractivity contribution in [2.75, 3.05) is 5.32 Å². The molecule has 0 radical (unpaired) electrons. The third-order valence-corrected chi connectivity index (χ3v) is 4.06. The van der Waals surface area contributed by atoms with E-state index in [0.717, 1.165) is 23.3 Å². The fraction of sp³-hybridized carbons (Fsp3) is 0.158. The molecule has 28 heavy (non-hydrogen) atoms. The van der Waals surface area contributed by atoms with E-state index >= 15 is 0 Å². The van der Waals surface area contributed by atoms with Gasteiger partial charge in [0, 0.05) is 12.1 Å². The van der Waals surface area contributed by atoms with E-state index in [0.29, 0.717) is 11.5 Å². The first-order chi connectivity index (χ1) is 13.6. The molecule has 7 nitrogen and oxygen atoms in total. The second-order valence-electron chi connectivity index (χ2n) is 5.87. The molecule has 9 heteroatoms. The maximum Gasteiger partial charge on any atom is 0.387 e. The third kappa shape index (κ3) is 3.59. The van der Waals surface area contributed by atoms with E-state index in [1.54, 1.807) is 18.3 Å². The summed E-state index contributed by atoms with van der Waals surface area (Å²) >= 11 is 0. The maximum absolute atomic E-state index is 12.2. The molecule has 2 aromatic carbocycles. The van der Waals surface area contributed by atoms with Crippen LogP contribution in [0.4, 0.5) is 20.4 Å². The monoisotopic (exact) mass is 382 g/mol. The molecule has 0 spiro atoms. The molecule has 0 aliphatic heterocycles. The highest BCUT2D eigenvalue weighted by Gasteiger charge is 2.13. The summed E-state index contributed by atoms with van der Waals surface area (Å²) in [7, 11) is 0. The number of anilines is 2. The van der Waals surface area contributed by atoms with Crippen LogP contribution in [0.25, 0.3) is 16.9 Å². The number of aromatic nitrogens is 5. The predicted octanol–water partition coefficient (Wildman–Crippen LogP) is 4.12. The summed E-state index contributed by atoms with van der Waals surface area (Å²) in [5.41, 5.74) is 2.42. The maximum atomic E-state index is 12.2. The van der Waals surface area contributed by atoms with Gasteiger partial charge in [-0.05, 0) is 36.4 Å². The minimum absolute atomic E-state index is 0.0748. The Morgan fingerprint density at radius 2 is 1.86 bits per heavy atom. The first-order valence-electron chi connectivity index (χ1n) is 8.62. The van der Waals surface area contributed by atoms with Gasteiger partial charge in [-0.1, -0.05) is 19.1 Å². The molecule has 4 rings (SSSR count). The van der Waals surface area contributed by atoms with E-state index in [4.69, 9.17) is 0 Å². The number of rotatable bonds is 6. The lowest BCUT2D eigenvalue weighted by Gasteiger charge is -2.09. The van der Waals surface area contributed by atoms with Crippen LogP contribution in [0.2, 0.25) is 0 Å². The molecule has 0 saturated carbocycles. The SMILES string of the molecule is CCc1nc2ccccc2n1-c1cnnc(Nc2ccc(OC(F)F)cc2)n1. The van der Waals surface area contributed by atoms with Gasteiger partial charge in [-0.2, -0.15) is 18.9 Å². The molecule has 142 valence electrons. The average Bonchev–Trinajstić information content (AvgIpc) is 3.08. The van der Waals surface area contributed by atoms with Crippen molar-refractivity contribution in [3.63, 3.8) is 0 Å². The smallest absolute Gasteiger partial charge is 0.387 e. The lowest BCUT2D eigenvalue weighted by molar-refractivity contribution is -0.0498. The van der Waals surface area contributed by atoms with Crippen molar-refractivity contribution in [2.45, 2.75) is 20.0 Å². The molecule has 0 saturated heterocycles. The van der Waals surface area contributed by atoms with Crippen LogP contribution in [0.3, 0.4) is 0 Å². The molecule has 0 unspecified atom stereocenters. The van der Waals surface area contributed by atoms with Gasteiger partial charge >= 0.3 is 6.61 Å². The zero-order valence-electron chi connectivity index (χ0n) is 14.9. The first-order valence-corrected chi connectivity index (χ1v) is 8.62. The number of para-hydroxylation sites is 2. The van der Waals surface area contributed by atoms with E-state index in [1.165, 1.54) is 12.1 Å². The van der Waals surface area contributed by atoms with E-state index in [1.807, 2.05) is 35.8 Å². The van der Waals surface area contributed by atoms with E-state index in [9.17, 15) is 8.78 Å². The van der Waals surface area contributed by atoms with Gasteiger partial charge in [-0.3, -0.25) is 4.57 Å². The summed E-state index contributed by atoms with van der Waals surface area (Å²) in [6.45, 7) is -0.838. The van der Waals surface area contributed by atoms with Gasteiger partial charge in [0.1, 0.15) is 11.6 Å². The number of nitrogens with one attached hydrogen (secondary N) is 1. The molecular formula is C19H16F2N6O. The van der Waals surface area contributed by atoms with Crippen LogP contribution in [0.5, 0.6) is 5.75 Å². The van der Waals surface area contributed by atoms with Crippen LogP contribution in [0, 0.1) is 0 Å². The number of alkyl halides is 2. The number of nitrogens with zero attached hydrogens (tertiary/aromatic N) is 5. The Morgan fingerprint density at radius 3 is 2.61 bits per heavy atom. The number of fused-ring (bicyclic) bond motifs is 1. The second-order valence-corrected chi connectivity index (χ2v) is 5.87. The average molecular weight is 382 g/mol. The summed E-state index contributed by atoms with van der Waals surface area (Å²) in [6, 6.07) is 13.9. The van der Waals surface area contributed by atoms with Gasteiger partial charge in [0.25, 0.3) is 0 Å². The third-order valence-electron chi connectivity index (χ3n) is 4.06. The molecule has 2 aromatic heterocycles. The van der Waals surface area contributed by atoms with E-state index in [-0.39, 0.29) is 11.7 Å². The highest BCUT2D eigenvalue weighted by atomic mass is 19.3. The summed E-state index contributed by atoms with van der Waals surface area (Å²) < 4.78 is 30.8. The zero-order chi connectivity index (χ0) is 19.5. The lowest BCUT2D eigenvalue weighted by Crippen LogP contribution is -2.07. The van der Waals surface area contributed by atoms with Crippen molar-refractivity contribution in [1.82, 2.24) is 24.7 Å². The van der Waals surface area contributed by atoms with Crippen LogP contribution in [-0.2, 0) is 6.42 Å². The van der Waals surface area contributed by atoms with E-state index < -0.39 is 6.61 Å². The summed E-state index contributed by atoms with van der Waals surface area (Å²) in [5, 5.41) is 11.0. The standard InChI is InChI=1S/C19H16F2N6O/c1-2-16-24-14-5-3-4-6-15(14)27(16)17-11-22-26-19(25-17)23-12-7-9-13(10-8-12)28-18(20)21/h3-11,18H,2H2,1H3,(H,23,25,26). The molecule has 0 amide bonds. The number of aryl methyl sites for hydroxylation is 1. The van der Waals surface area contributed by atoms with Crippen LogP contribution in [0.15, 0.2) is 54.7 Å². The Balaban J connectivity index is 1.64.